The van der Waals surface area contributed by atoms with Crippen LogP contribution in [0, 0.1) is 5.92 Å². The van der Waals surface area contributed by atoms with E-state index >= 15 is 0 Å². The third kappa shape index (κ3) is 4.79. The van der Waals surface area contributed by atoms with Gasteiger partial charge in [-0.15, -0.1) is 11.3 Å². The summed E-state index contributed by atoms with van der Waals surface area (Å²) >= 11 is 1.56. The monoisotopic (exact) mass is 369 g/mol. The molecule has 0 saturated heterocycles. The summed E-state index contributed by atoms with van der Waals surface area (Å²) in [6, 6.07) is 14.2. The minimum Gasteiger partial charge on any atom is -0.355 e. The number of rotatable bonds is 8. The molecule has 0 aliphatic rings. The fourth-order valence-corrected chi connectivity index (χ4v) is 3.48. The topological polar surface area (TPSA) is 68.0 Å². The highest BCUT2D eigenvalue weighted by Gasteiger charge is 2.17. The van der Waals surface area contributed by atoms with Gasteiger partial charge in [0.25, 0.3) is 0 Å². The number of nitrogens with zero attached hydrogens (tertiary/aromatic N) is 2. The van der Waals surface area contributed by atoms with E-state index in [0.29, 0.717) is 42.9 Å². The molecular weight excluding hydrogens is 346 g/mol. The predicted molar refractivity (Wildman–Crippen MR) is 103 cm³/mol. The average molecular weight is 369 g/mol. The maximum absolute atomic E-state index is 12.2. The van der Waals surface area contributed by atoms with E-state index in [9.17, 15) is 4.79 Å². The van der Waals surface area contributed by atoms with Gasteiger partial charge in [-0.05, 0) is 22.9 Å². The van der Waals surface area contributed by atoms with Crippen LogP contribution in [0.3, 0.4) is 0 Å². The SMILES string of the molecule is CC(C)C(CNC(=O)CCc1nc(-c2cccs2)no1)c1ccccc1. The molecule has 0 radical (unpaired) electrons. The summed E-state index contributed by atoms with van der Waals surface area (Å²) in [4.78, 5) is 17.5. The molecular formula is C20H23N3O2S. The van der Waals surface area contributed by atoms with Crippen LogP contribution in [0.4, 0.5) is 0 Å². The number of aromatic nitrogens is 2. The van der Waals surface area contributed by atoms with E-state index in [1.54, 1.807) is 11.3 Å². The van der Waals surface area contributed by atoms with Crippen molar-refractivity contribution in [1.29, 1.82) is 0 Å². The van der Waals surface area contributed by atoms with E-state index in [1.165, 1.54) is 5.56 Å². The lowest BCUT2D eigenvalue weighted by atomic mass is 9.88. The van der Waals surface area contributed by atoms with Crippen molar-refractivity contribution in [2.45, 2.75) is 32.6 Å². The van der Waals surface area contributed by atoms with Crippen LogP contribution in [0.1, 0.15) is 37.6 Å². The number of hydrogen-bond acceptors (Lipinski definition) is 5. The van der Waals surface area contributed by atoms with Gasteiger partial charge in [-0.2, -0.15) is 4.98 Å². The van der Waals surface area contributed by atoms with Crippen LogP contribution in [0.25, 0.3) is 10.7 Å². The van der Waals surface area contributed by atoms with Gasteiger partial charge in [-0.1, -0.05) is 55.4 Å². The Morgan fingerprint density at radius 2 is 2.00 bits per heavy atom. The molecule has 2 aromatic heterocycles. The fraction of sp³-hybridized carbons (Fsp3) is 0.350. The average Bonchev–Trinajstić information content (AvgIpc) is 3.32. The molecule has 6 heteroatoms. The van der Waals surface area contributed by atoms with Crippen molar-refractivity contribution in [3.63, 3.8) is 0 Å². The lowest BCUT2D eigenvalue weighted by Crippen LogP contribution is -2.30. The van der Waals surface area contributed by atoms with Crippen molar-refractivity contribution < 1.29 is 9.32 Å². The van der Waals surface area contributed by atoms with Crippen molar-refractivity contribution in [3.8, 4) is 10.7 Å². The Hall–Kier alpha value is -2.47. The van der Waals surface area contributed by atoms with Gasteiger partial charge in [-0.25, -0.2) is 0 Å². The van der Waals surface area contributed by atoms with Crippen molar-refractivity contribution >= 4 is 17.2 Å². The third-order valence-electron chi connectivity index (χ3n) is 4.33. The van der Waals surface area contributed by atoms with Gasteiger partial charge in [0.1, 0.15) is 0 Å². The van der Waals surface area contributed by atoms with E-state index in [-0.39, 0.29) is 5.91 Å². The van der Waals surface area contributed by atoms with Gasteiger partial charge in [0.05, 0.1) is 4.88 Å². The third-order valence-corrected chi connectivity index (χ3v) is 5.19. The summed E-state index contributed by atoms with van der Waals surface area (Å²) in [6.07, 6.45) is 0.785. The smallest absolute Gasteiger partial charge is 0.227 e. The van der Waals surface area contributed by atoms with Crippen LogP contribution in [0.15, 0.2) is 52.4 Å². The molecule has 0 aliphatic carbocycles. The summed E-state index contributed by atoms with van der Waals surface area (Å²) in [5.41, 5.74) is 1.25. The Kier molecular flexibility index (Phi) is 6.17. The molecule has 3 aromatic rings. The second-order valence-corrected chi connectivity index (χ2v) is 7.50. The number of amides is 1. The highest BCUT2D eigenvalue weighted by atomic mass is 32.1. The maximum Gasteiger partial charge on any atom is 0.227 e. The Balaban J connectivity index is 1.49. The largest absolute Gasteiger partial charge is 0.355 e. The Labute approximate surface area is 157 Å². The molecule has 0 fully saturated rings. The minimum absolute atomic E-state index is 0.00227. The van der Waals surface area contributed by atoms with Crippen molar-refractivity contribution in [2.24, 2.45) is 5.92 Å². The molecule has 3 rings (SSSR count). The number of thiophene rings is 1. The molecule has 1 amide bonds. The van der Waals surface area contributed by atoms with E-state index in [1.807, 2.05) is 35.7 Å². The lowest BCUT2D eigenvalue weighted by Gasteiger charge is -2.21. The molecule has 1 N–H and O–H groups in total. The summed E-state index contributed by atoms with van der Waals surface area (Å²) in [6.45, 7) is 4.98. The van der Waals surface area contributed by atoms with E-state index < -0.39 is 0 Å². The molecule has 136 valence electrons. The predicted octanol–water partition coefficient (Wildman–Crippen LogP) is 4.29. The molecule has 1 aromatic carbocycles. The van der Waals surface area contributed by atoms with Crippen LogP contribution in [-0.4, -0.2) is 22.6 Å². The number of carbonyl (C=O) groups is 1. The summed E-state index contributed by atoms with van der Waals surface area (Å²) in [5, 5.41) is 8.98. The molecule has 0 bridgehead atoms. The number of nitrogens with one attached hydrogen (secondary N) is 1. The van der Waals surface area contributed by atoms with Crippen LogP contribution >= 0.6 is 11.3 Å². The normalized spacial score (nSPS) is 12.3. The zero-order chi connectivity index (χ0) is 18.4. The highest BCUT2D eigenvalue weighted by Crippen LogP contribution is 2.23. The first-order chi connectivity index (χ1) is 12.6. The minimum atomic E-state index is 0.00227. The zero-order valence-corrected chi connectivity index (χ0v) is 15.8. The molecule has 2 heterocycles. The maximum atomic E-state index is 12.2. The summed E-state index contributed by atoms with van der Waals surface area (Å²) < 4.78 is 5.24. The van der Waals surface area contributed by atoms with Crippen molar-refractivity contribution in [1.82, 2.24) is 15.5 Å². The van der Waals surface area contributed by atoms with Crippen molar-refractivity contribution in [3.05, 3.63) is 59.3 Å². The lowest BCUT2D eigenvalue weighted by molar-refractivity contribution is -0.121. The van der Waals surface area contributed by atoms with Gasteiger partial charge < -0.3 is 9.84 Å². The molecule has 5 nitrogen and oxygen atoms in total. The quantitative estimate of drug-likeness (QED) is 0.643. The molecule has 26 heavy (non-hydrogen) atoms. The van der Waals surface area contributed by atoms with E-state index in [0.717, 1.165) is 4.88 Å². The van der Waals surface area contributed by atoms with Crippen LogP contribution in [0.5, 0.6) is 0 Å². The second kappa shape index (κ2) is 8.76. The fourth-order valence-electron chi connectivity index (χ4n) is 2.83. The standard InChI is InChI=1S/C20H23N3O2S/c1-14(2)16(15-7-4-3-5-8-15)13-21-18(24)10-11-19-22-20(23-25-19)17-9-6-12-26-17/h3-9,12,14,16H,10-11,13H2,1-2H3,(H,21,24). The highest BCUT2D eigenvalue weighted by molar-refractivity contribution is 7.13. The summed E-state index contributed by atoms with van der Waals surface area (Å²) in [5.74, 6) is 1.82. The van der Waals surface area contributed by atoms with E-state index in [2.05, 4.69) is 41.4 Å². The van der Waals surface area contributed by atoms with Gasteiger partial charge in [0.2, 0.25) is 17.6 Å². The summed E-state index contributed by atoms with van der Waals surface area (Å²) in [7, 11) is 0. The van der Waals surface area contributed by atoms with Gasteiger partial charge in [0.15, 0.2) is 0 Å². The molecule has 1 unspecified atom stereocenters. The first kappa shape index (κ1) is 18.3. The molecule has 0 spiro atoms. The van der Waals surface area contributed by atoms with Gasteiger partial charge in [0, 0.05) is 25.3 Å². The Morgan fingerprint density at radius 3 is 2.69 bits per heavy atom. The number of aryl methyl sites for hydroxylation is 1. The van der Waals surface area contributed by atoms with Crippen LogP contribution in [-0.2, 0) is 11.2 Å². The zero-order valence-electron chi connectivity index (χ0n) is 15.0. The Bertz CT molecular complexity index is 813. The number of carbonyl (C=O) groups excluding carboxylic acids is 1. The number of benzene rings is 1. The van der Waals surface area contributed by atoms with E-state index in [4.69, 9.17) is 4.52 Å². The first-order valence-electron chi connectivity index (χ1n) is 8.81. The molecule has 1 atom stereocenters. The van der Waals surface area contributed by atoms with Crippen LogP contribution in [0.2, 0.25) is 0 Å². The van der Waals surface area contributed by atoms with Gasteiger partial charge >= 0.3 is 0 Å². The van der Waals surface area contributed by atoms with Crippen molar-refractivity contribution in [2.75, 3.05) is 6.54 Å². The first-order valence-corrected chi connectivity index (χ1v) is 9.69. The second-order valence-electron chi connectivity index (χ2n) is 6.55. The van der Waals surface area contributed by atoms with Gasteiger partial charge in [-0.3, -0.25) is 4.79 Å². The molecule has 0 aliphatic heterocycles. The van der Waals surface area contributed by atoms with Crippen LogP contribution < -0.4 is 5.32 Å². The Morgan fingerprint density at radius 1 is 1.19 bits per heavy atom. The molecule has 0 saturated carbocycles. The number of hydrogen-bond donors (Lipinski definition) is 1.